The molecular formula is C22H26N4O2. The molecule has 0 unspecified atom stereocenters. The molecule has 0 bridgehead atoms. The number of hydrogen-bond donors (Lipinski definition) is 2. The normalized spacial score (nSPS) is 14.4. The summed E-state index contributed by atoms with van der Waals surface area (Å²) in [6.45, 7) is 8.35. The zero-order chi connectivity index (χ0) is 19.9. The summed E-state index contributed by atoms with van der Waals surface area (Å²) < 4.78 is 0. The van der Waals surface area contributed by atoms with Crippen LogP contribution >= 0.6 is 0 Å². The topological polar surface area (TPSA) is 74.3 Å². The second-order valence-electron chi connectivity index (χ2n) is 7.13. The number of nitrogens with one attached hydrogen (secondary N) is 2. The highest BCUT2D eigenvalue weighted by molar-refractivity contribution is 6.05. The van der Waals surface area contributed by atoms with Crippen molar-refractivity contribution in [3.05, 3.63) is 66.5 Å². The average molecular weight is 378 g/mol. The van der Waals surface area contributed by atoms with E-state index in [1.165, 1.54) is 37.0 Å². The summed E-state index contributed by atoms with van der Waals surface area (Å²) in [6.07, 6.45) is 6.90. The molecule has 1 aliphatic heterocycles. The molecule has 28 heavy (non-hydrogen) atoms. The quantitative estimate of drug-likeness (QED) is 0.755. The van der Waals surface area contributed by atoms with Gasteiger partial charge in [-0.2, -0.15) is 0 Å². The maximum atomic E-state index is 12.5. The van der Waals surface area contributed by atoms with Gasteiger partial charge in [-0.25, -0.2) is 0 Å². The van der Waals surface area contributed by atoms with Crippen LogP contribution in [-0.4, -0.2) is 36.4 Å². The SMILES string of the molecule is C=CCNC(=O)c1cncc(C(=O)Nc2ccc(N3CCC(C)CC3)cc2)c1. The number of pyridine rings is 1. The predicted molar refractivity (Wildman–Crippen MR) is 112 cm³/mol. The molecule has 6 heteroatoms. The van der Waals surface area contributed by atoms with Gasteiger partial charge in [-0.1, -0.05) is 13.0 Å². The van der Waals surface area contributed by atoms with Gasteiger partial charge in [-0.05, 0) is 49.1 Å². The van der Waals surface area contributed by atoms with Gasteiger partial charge in [0.1, 0.15) is 0 Å². The van der Waals surface area contributed by atoms with Crippen LogP contribution in [0.5, 0.6) is 0 Å². The average Bonchev–Trinajstić information content (AvgIpc) is 2.73. The van der Waals surface area contributed by atoms with Crippen molar-refractivity contribution < 1.29 is 9.59 Å². The van der Waals surface area contributed by atoms with Crippen LogP contribution < -0.4 is 15.5 Å². The van der Waals surface area contributed by atoms with Gasteiger partial charge in [0.05, 0.1) is 11.1 Å². The molecule has 0 saturated carbocycles. The number of aromatic nitrogens is 1. The van der Waals surface area contributed by atoms with E-state index >= 15 is 0 Å². The smallest absolute Gasteiger partial charge is 0.257 e. The molecule has 1 aliphatic rings. The Kier molecular flexibility index (Phi) is 6.42. The van der Waals surface area contributed by atoms with E-state index in [0.717, 1.165) is 19.0 Å². The fraction of sp³-hybridized carbons (Fsp3) is 0.318. The van der Waals surface area contributed by atoms with Crippen LogP contribution in [0, 0.1) is 5.92 Å². The molecule has 1 aromatic carbocycles. The molecule has 1 saturated heterocycles. The van der Waals surface area contributed by atoms with Crippen molar-refractivity contribution in [2.24, 2.45) is 5.92 Å². The highest BCUT2D eigenvalue weighted by Crippen LogP contribution is 2.24. The lowest BCUT2D eigenvalue weighted by Crippen LogP contribution is -2.32. The molecule has 146 valence electrons. The Morgan fingerprint density at radius 1 is 1.14 bits per heavy atom. The fourth-order valence-corrected chi connectivity index (χ4v) is 3.18. The van der Waals surface area contributed by atoms with Crippen LogP contribution in [0.25, 0.3) is 0 Å². The predicted octanol–water partition coefficient (Wildman–Crippen LogP) is 3.49. The van der Waals surface area contributed by atoms with E-state index in [4.69, 9.17) is 0 Å². The van der Waals surface area contributed by atoms with E-state index in [-0.39, 0.29) is 11.8 Å². The number of amides is 2. The van der Waals surface area contributed by atoms with Gasteiger partial charge in [0.15, 0.2) is 0 Å². The maximum Gasteiger partial charge on any atom is 0.257 e. The fourth-order valence-electron chi connectivity index (χ4n) is 3.18. The highest BCUT2D eigenvalue weighted by atomic mass is 16.2. The number of piperidine rings is 1. The Morgan fingerprint density at radius 3 is 2.43 bits per heavy atom. The number of hydrogen-bond acceptors (Lipinski definition) is 4. The third-order valence-corrected chi connectivity index (χ3v) is 4.94. The highest BCUT2D eigenvalue weighted by Gasteiger charge is 2.16. The van der Waals surface area contributed by atoms with Crippen LogP contribution in [0.3, 0.4) is 0 Å². The van der Waals surface area contributed by atoms with Gasteiger partial charge >= 0.3 is 0 Å². The second kappa shape index (κ2) is 9.17. The summed E-state index contributed by atoms with van der Waals surface area (Å²) in [7, 11) is 0. The maximum absolute atomic E-state index is 12.5. The lowest BCUT2D eigenvalue weighted by atomic mass is 9.99. The van der Waals surface area contributed by atoms with Crippen molar-refractivity contribution in [2.75, 3.05) is 29.9 Å². The monoisotopic (exact) mass is 378 g/mol. The third kappa shape index (κ3) is 4.97. The lowest BCUT2D eigenvalue weighted by molar-refractivity contribution is 0.0957. The molecule has 1 aromatic heterocycles. The largest absolute Gasteiger partial charge is 0.372 e. The van der Waals surface area contributed by atoms with Crippen molar-refractivity contribution in [1.29, 1.82) is 0 Å². The van der Waals surface area contributed by atoms with E-state index in [0.29, 0.717) is 23.4 Å². The Morgan fingerprint density at radius 2 is 1.79 bits per heavy atom. The zero-order valence-corrected chi connectivity index (χ0v) is 16.1. The van der Waals surface area contributed by atoms with Crippen molar-refractivity contribution in [3.63, 3.8) is 0 Å². The summed E-state index contributed by atoms with van der Waals surface area (Å²) >= 11 is 0. The van der Waals surface area contributed by atoms with E-state index in [2.05, 4.69) is 34.0 Å². The Labute approximate surface area is 165 Å². The van der Waals surface area contributed by atoms with Crippen LogP contribution in [0.2, 0.25) is 0 Å². The number of anilines is 2. The van der Waals surface area contributed by atoms with Crippen LogP contribution in [-0.2, 0) is 0 Å². The molecule has 2 amide bonds. The summed E-state index contributed by atoms with van der Waals surface area (Å²) in [5.41, 5.74) is 2.55. The van der Waals surface area contributed by atoms with Crippen LogP contribution in [0.1, 0.15) is 40.5 Å². The summed E-state index contributed by atoms with van der Waals surface area (Å²) in [4.78, 5) is 30.9. The first-order valence-corrected chi connectivity index (χ1v) is 9.57. The number of benzene rings is 1. The minimum absolute atomic E-state index is 0.290. The van der Waals surface area contributed by atoms with Crippen molar-refractivity contribution in [2.45, 2.75) is 19.8 Å². The molecule has 3 rings (SSSR count). The van der Waals surface area contributed by atoms with E-state index < -0.39 is 0 Å². The Balaban J connectivity index is 1.63. The molecule has 2 heterocycles. The standard InChI is InChI=1S/C22H26N4O2/c1-3-10-24-21(27)17-13-18(15-23-14-17)22(28)25-19-4-6-20(7-5-19)26-11-8-16(2)9-12-26/h3-7,13-16H,1,8-12H2,2H3,(H,24,27)(H,25,28). The zero-order valence-electron chi connectivity index (χ0n) is 16.1. The van der Waals surface area contributed by atoms with Gasteiger partial charge in [0.25, 0.3) is 11.8 Å². The Bertz CT molecular complexity index is 840. The second-order valence-corrected chi connectivity index (χ2v) is 7.13. The summed E-state index contributed by atoms with van der Waals surface area (Å²) in [5.74, 6) is 0.200. The molecule has 0 radical (unpaired) electrons. The number of nitrogens with zero attached hydrogens (tertiary/aromatic N) is 2. The lowest BCUT2D eigenvalue weighted by Gasteiger charge is -2.32. The van der Waals surface area contributed by atoms with Crippen molar-refractivity contribution in [3.8, 4) is 0 Å². The first kappa shape index (κ1) is 19.6. The first-order valence-electron chi connectivity index (χ1n) is 9.57. The van der Waals surface area contributed by atoms with Gasteiger partial charge in [-0.3, -0.25) is 14.6 Å². The molecular weight excluding hydrogens is 352 g/mol. The third-order valence-electron chi connectivity index (χ3n) is 4.94. The number of carbonyl (C=O) groups excluding carboxylic acids is 2. The van der Waals surface area contributed by atoms with Gasteiger partial charge in [0.2, 0.25) is 0 Å². The minimum atomic E-state index is -0.301. The molecule has 0 aliphatic carbocycles. The van der Waals surface area contributed by atoms with Gasteiger partial charge < -0.3 is 15.5 Å². The number of carbonyl (C=O) groups is 2. The number of rotatable bonds is 6. The summed E-state index contributed by atoms with van der Waals surface area (Å²) in [6, 6.07) is 9.40. The van der Waals surface area contributed by atoms with Crippen molar-refractivity contribution in [1.82, 2.24) is 10.3 Å². The van der Waals surface area contributed by atoms with E-state index in [1.807, 2.05) is 24.3 Å². The minimum Gasteiger partial charge on any atom is -0.372 e. The van der Waals surface area contributed by atoms with Gasteiger partial charge in [0, 0.05) is 43.4 Å². The van der Waals surface area contributed by atoms with E-state index in [9.17, 15) is 9.59 Å². The molecule has 6 nitrogen and oxygen atoms in total. The summed E-state index contributed by atoms with van der Waals surface area (Å²) in [5, 5.41) is 5.53. The molecule has 0 spiro atoms. The molecule has 1 fully saturated rings. The molecule has 0 atom stereocenters. The molecule has 2 N–H and O–H groups in total. The Hall–Kier alpha value is -3.15. The van der Waals surface area contributed by atoms with Crippen molar-refractivity contribution >= 4 is 23.2 Å². The van der Waals surface area contributed by atoms with E-state index in [1.54, 1.807) is 6.08 Å². The molecule has 2 aromatic rings. The van der Waals surface area contributed by atoms with Crippen LogP contribution in [0.15, 0.2) is 55.4 Å². The first-order chi connectivity index (χ1) is 13.6. The van der Waals surface area contributed by atoms with Gasteiger partial charge in [-0.15, -0.1) is 6.58 Å². The van der Waals surface area contributed by atoms with Crippen LogP contribution in [0.4, 0.5) is 11.4 Å².